The number of likely N-dealkylation sites (tertiary alicyclic amines) is 1. The number of aliphatic hydroxyl groups is 4. The minimum absolute atomic E-state index is 0.161. The molecule has 0 unspecified atom stereocenters. The number of nitro groups is 1. The van der Waals surface area contributed by atoms with E-state index in [0.717, 1.165) is 0 Å². The van der Waals surface area contributed by atoms with Gasteiger partial charge in [0.05, 0.1) is 23.7 Å². The lowest BCUT2D eigenvalue weighted by Crippen LogP contribution is -2.62. The van der Waals surface area contributed by atoms with Crippen LogP contribution in [-0.2, 0) is 0 Å². The summed E-state index contributed by atoms with van der Waals surface area (Å²) in [6.07, 6.45) is 1.44. The highest BCUT2D eigenvalue weighted by Crippen LogP contribution is 2.29. The second kappa shape index (κ2) is 11.5. The summed E-state index contributed by atoms with van der Waals surface area (Å²) >= 11 is 0. The molecule has 1 aliphatic heterocycles. The van der Waals surface area contributed by atoms with Crippen LogP contribution in [0.4, 0.5) is 17.1 Å². The monoisotopic (exact) mass is 422 g/mol. The van der Waals surface area contributed by atoms with Crippen LogP contribution in [0.15, 0.2) is 35.5 Å². The van der Waals surface area contributed by atoms with Gasteiger partial charge in [0, 0.05) is 36.3 Å². The Labute approximate surface area is 172 Å². The van der Waals surface area contributed by atoms with Crippen molar-refractivity contribution in [3.63, 3.8) is 0 Å². The third-order valence-electron chi connectivity index (χ3n) is 4.93. The van der Waals surface area contributed by atoms with Gasteiger partial charge in [-0.15, -0.1) is 0 Å². The zero-order chi connectivity index (χ0) is 22.1. The Morgan fingerprint density at radius 2 is 2.03 bits per heavy atom. The van der Waals surface area contributed by atoms with E-state index >= 15 is 0 Å². The van der Waals surface area contributed by atoms with Crippen molar-refractivity contribution < 1.29 is 25.3 Å². The minimum atomic E-state index is -1.27. The Kier molecular flexibility index (Phi) is 8.99. The Hall–Kier alpha value is -2.73. The molecule has 1 fully saturated rings. The van der Waals surface area contributed by atoms with Crippen LogP contribution >= 0.6 is 0 Å². The summed E-state index contributed by atoms with van der Waals surface area (Å²) in [5, 5.41) is 56.4. The molecule has 0 saturated carbocycles. The van der Waals surface area contributed by atoms with E-state index in [1.807, 2.05) is 12.2 Å². The molecule has 12 nitrogen and oxygen atoms in total. The highest BCUT2D eigenvalue weighted by molar-refractivity contribution is 5.66. The van der Waals surface area contributed by atoms with Crippen molar-refractivity contribution in [1.82, 2.24) is 4.90 Å². The molecule has 164 valence electrons. The predicted molar refractivity (Wildman–Crippen MR) is 109 cm³/mol. The van der Waals surface area contributed by atoms with Gasteiger partial charge >= 0.3 is 0 Å². The molecule has 30 heavy (non-hydrogen) atoms. The summed E-state index contributed by atoms with van der Waals surface area (Å²) in [7, 11) is 0. The van der Waals surface area contributed by atoms with Crippen molar-refractivity contribution >= 4 is 17.1 Å². The van der Waals surface area contributed by atoms with E-state index in [0.29, 0.717) is 31.6 Å². The Bertz CT molecular complexity index is 799. The van der Waals surface area contributed by atoms with E-state index in [2.05, 4.69) is 15.3 Å². The van der Waals surface area contributed by atoms with Crippen LogP contribution in [0, 0.1) is 10.1 Å². The fourth-order valence-corrected chi connectivity index (χ4v) is 3.34. The summed E-state index contributed by atoms with van der Waals surface area (Å²) in [4.78, 5) is 15.0. The van der Waals surface area contributed by atoms with Crippen LogP contribution in [0.2, 0.25) is 0 Å². The number of nitrogens with one attached hydrogen (secondary N) is 1. The maximum atomic E-state index is 11.2. The topological polar surface area (TPSA) is 188 Å². The smallest absolute Gasteiger partial charge is 0.292 e. The number of benzene rings is 1. The Morgan fingerprint density at radius 3 is 2.70 bits per heavy atom. The number of hydrogen-bond acceptors (Lipinski definition) is 9. The number of β-amino-alcohol motifs (C(OH)–C–C–N with tert-alkyl or cyclic N) is 1. The average molecular weight is 422 g/mol. The maximum absolute atomic E-state index is 11.2. The maximum Gasteiger partial charge on any atom is 0.292 e. The number of piperidine rings is 1. The molecule has 1 saturated heterocycles. The van der Waals surface area contributed by atoms with E-state index in [4.69, 9.17) is 5.53 Å². The van der Waals surface area contributed by atoms with Crippen molar-refractivity contribution in [2.45, 2.75) is 37.2 Å². The molecule has 1 heterocycles. The van der Waals surface area contributed by atoms with Crippen LogP contribution in [0.25, 0.3) is 10.4 Å². The minimum Gasteiger partial charge on any atom is -0.395 e. The standard InChI is InChI=1S/C18H26N6O6/c19-22-21-12-5-6-13(14(9-12)24(29)30)20-7-3-1-2-4-8-23-10-16(26)18(28)17(27)15(23)11-25/h1-2,5-6,9,15-18,20,25-28H,3-4,7-8,10-11H2/b2-1+/t15-,16+,17-,18-/m1/s1. The van der Waals surface area contributed by atoms with Gasteiger partial charge < -0.3 is 25.7 Å². The number of hydrogen-bond donors (Lipinski definition) is 5. The lowest BCUT2D eigenvalue weighted by Gasteiger charge is -2.43. The van der Waals surface area contributed by atoms with Crippen molar-refractivity contribution in [1.29, 1.82) is 0 Å². The predicted octanol–water partition coefficient (Wildman–Crippen LogP) is 1.04. The summed E-state index contributed by atoms with van der Waals surface area (Å²) in [6, 6.07) is 3.55. The van der Waals surface area contributed by atoms with Crippen LogP contribution < -0.4 is 5.32 Å². The molecule has 1 aromatic rings. The molecule has 2 rings (SSSR count). The largest absolute Gasteiger partial charge is 0.395 e. The zero-order valence-corrected chi connectivity index (χ0v) is 16.3. The van der Waals surface area contributed by atoms with Gasteiger partial charge in [-0.1, -0.05) is 23.3 Å². The lowest BCUT2D eigenvalue weighted by atomic mass is 9.94. The molecule has 1 aliphatic rings. The first-order valence-corrected chi connectivity index (χ1v) is 9.50. The number of nitrogens with zero attached hydrogens (tertiary/aromatic N) is 5. The number of nitro benzene ring substituents is 1. The molecule has 0 amide bonds. The molecule has 4 atom stereocenters. The SMILES string of the molecule is [N-]=[N+]=Nc1ccc(NCC/C=C/CCN2C[C@H](O)[C@@H](O)[C@H](O)[C@H]2CO)c([N+](=O)[O-])c1. The van der Waals surface area contributed by atoms with Gasteiger partial charge in [-0.3, -0.25) is 15.0 Å². The van der Waals surface area contributed by atoms with E-state index in [1.54, 1.807) is 4.90 Å². The van der Waals surface area contributed by atoms with Crippen molar-refractivity contribution in [3.8, 4) is 0 Å². The molecule has 5 N–H and O–H groups in total. The molecule has 0 radical (unpaired) electrons. The summed E-state index contributed by atoms with van der Waals surface area (Å²) in [5.74, 6) is 0. The van der Waals surface area contributed by atoms with Crippen LogP contribution in [0.5, 0.6) is 0 Å². The normalized spacial score (nSPS) is 24.5. The lowest BCUT2D eigenvalue weighted by molar-refractivity contribution is -0.383. The molecule has 0 aliphatic carbocycles. The number of azide groups is 1. The van der Waals surface area contributed by atoms with Crippen LogP contribution in [0.3, 0.4) is 0 Å². The van der Waals surface area contributed by atoms with Gasteiger partial charge in [-0.25, -0.2) is 0 Å². The first-order chi connectivity index (χ1) is 14.4. The van der Waals surface area contributed by atoms with E-state index in [-0.39, 0.29) is 24.5 Å². The highest BCUT2D eigenvalue weighted by atomic mass is 16.6. The molecular weight excluding hydrogens is 396 g/mol. The van der Waals surface area contributed by atoms with Crippen molar-refractivity contribution in [3.05, 3.63) is 50.9 Å². The first kappa shape index (κ1) is 23.5. The second-order valence-corrected chi connectivity index (χ2v) is 6.92. The second-order valence-electron chi connectivity index (χ2n) is 6.92. The third kappa shape index (κ3) is 6.13. The zero-order valence-electron chi connectivity index (χ0n) is 16.3. The van der Waals surface area contributed by atoms with Crippen LogP contribution in [-0.4, -0.2) is 80.8 Å². The number of rotatable bonds is 10. The van der Waals surface area contributed by atoms with Crippen molar-refractivity contribution in [2.75, 3.05) is 31.6 Å². The van der Waals surface area contributed by atoms with Gasteiger partial charge in [0.1, 0.15) is 17.9 Å². The number of aliphatic hydroxyl groups excluding tert-OH is 4. The quantitative estimate of drug-likeness (QED) is 0.0703. The molecule has 0 spiro atoms. The van der Waals surface area contributed by atoms with Gasteiger partial charge in [-0.2, -0.15) is 0 Å². The number of anilines is 1. The van der Waals surface area contributed by atoms with E-state index in [1.165, 1.54) is 18.2 Å². The Balaban J connectivity index is 1.80. The summed E-state index contributed by atoms with van der Waals surface area (Å²) in [5.41, 5.74) is 8.74. The summed E-state index contributed by atoms with van der Waals surface area (Å²) < 4.78 is 0. The van der Waals surface area contributed by atoms with Crippen LogP contribution in [0.1, 0.15) is 12.8 Å². The van der Waals surface area contributed by atoms with E-state index in [9.17, 15) is 30.5 Å². The van der Waals surface area contributed by atoms with Gasteiger partial charge in [0.25, 0.3) is 5.69 Å². The fraction of sp³-hybridized carbons (Fsp3) is 0.556. The average Bonchev–Trinajstić information content (AvgIpc) is 2.72. The summed E-state index contributed by atoms with van der Waals surface area (Å²) in [6.45, 7) is 0.775. The molecular formula is C18H26N6O6. The molecule has 0 bridgehead atoms. The third-order valence-corrected chi connectivity index (χ3v) is 4.93. The van der Waals surface area contributed by atoms with Gasteiger partial charge in [-0.05, 0) is 24.4 Å². The van der Waals surface area contributed by atoms with Gasteiger partial charge in [0.2, 0.25) is 0 Å². The molecule has 12 heteroatoms. The van der Waals surface area contributed by atoms with Gasteiger partial charge in [0.15, 0.2) is 0 Å². The Morgan fingerprint density at radius 1 is 1.30 bits per heavy atom. The highest BCUT2D eigenvalue weighted by Gasteiger charge is 2.40. The fourth-order valence-electron chi connectivity index (χ4n) is 3.34. The van der Waals surface area contributed by atoms with E-state index < -0.39 is 29.3 Å². The molecule has 1 aromatic carbocycles. The van der Waals surface area contributed by atoms with Crippen molar-refractivity contribution in [2.24, 2.45) is 5.11 Å². The first-order valence-electron chi connectivity index (χ1n) is 9.50. The molecule has 0 aromatic heterocycles.